The molecule has 0 radical (unpaired) electrons. The lowest BCUT2D eigenvalue weighted by Gasteiger charge is -2.22. The highest BCUT2D eigenvalue weighted by Gasteiger charge is 2.28. The number of rotatable bonds is 6. The Kier molecular flexibility index (Phi) is 5.27. The number of aryl methyl sites for hydroxylation is 1. The molecule has 0 aromatic carbocycles. The van der Waals surface area contributed by atoms with Gasteiger partial charge in [-0.05, 0) is 63.7 Å². The van der Waals surface area contributed by atoms with E-state index in [2.05, 4.69) is 15.9 Å². The Morgan fingerprint density at radius 3 is 2.74 bits per heavy atom. The fourth-order valence-electron chi connectivity index (χ4n) is 3.12. The molecule has 1 aromatic rings. The average molecular weight is 336 g/mol. The van der Waals surface area contributed by atoms with Crippen molar-refractivity contribution in [3.63, 3.8) is 0 Å². The van der Waals surface area contributed by atoms with Gasteiger partial charge in [-0.15, -0.1) is 11.3 Å². The van der Waals surface area contributed by atoms with Crippen molar-refractivity contribution < 1.29 is 4.79 Å². The topological polar surface area (TPSA) is 26.8 Å². The molecule has 0 bridgehead atoms. The van der Waals surface area contributed by atoms with Crippen LogP contribution in [0.15, 0.2) is 6.07 Å². The average Bonchev–Trinajstić information content (AvgIpc) is 3.28. The molecule has 2 heterocycles. The summed E-state index contributed by atoms with van der Waals surface area (Å²) in [6, 6.07) is 2.17. The van der Waals surface area contributed by atoms with Gasteiger partial charge in [-0.3, -0.25) is 4.79 Å². The van der Waals surface area contributed by atoms with E-state index in [-0.39, 0.29) is 5.91 Å². The normalized spacial score (nSPS) is 18.0. The SMILES string of the molecule is CN(C)CCN(C)C(=O)c1cc2c(s1)N(CC1CC1)CCCC2. The van der Waals surface area contributed by atoms with Gasteiger partial charge in [0.15, 0.2) is 0 Å². The second kappa shape index (κ2) is 7.22. The molecule has 23 heavy (non-hydrogen) atoms. The third-order valence-corrected chi connectivity index (χ3v) is 6.04. The van der Waals surface area contributed by atoms with Crippen LogP contribution in [0.3, 0.4) is 0 Å². The molecule has 0 atom stereocenters. The van der Waals surface area contributed by atoms with Gasteiger partial charge >= 0.3 is 0 Å². The predicted molar refractivity (Wildman–Crippen MR) is 97.7 cm³/mol. The minimum absolute atomic E-state index is 0.177. The number of nitrogens with zero attached hydrogens (tertiary/aromatic N) is 3. The van der Waals surface area contributed by atoms with Crippen LogP contribution in [0.4, 0.5) is 5.00 Å². The Balaban J connectivity index is 1.72. The summed E-state index contributed by atoms with van der Waals surface area (Å²) in [5.41, 5.74) is 1.40. The molecule has 128 valence electrons. The van der Waals surface area contributed by atoms with Crippen molar-refractivity contribution in [1.29, 1.82) is 0 Å². The number of hydrogen-bond acceptors (Lipinski definition) is 4. The zero-order valence-corrected chi connectivity index (χ0v) is 15.5. The van der Waals surface area contributed by atoms with Crippen LogP contribution in [0.2, 0.25) is 0 Å². The molecule has 0 N–H and O–H groups in total. The second-order valence-corrected chi connectivity index (χ2v) is 8.35. The smallest absolute Gasteiger partial charge is 0.263 e. The van der Waals surface area contributed by atoms with Crippen LogP contribution in [0, 0.1) is 5.92 Å². The zero-order chi connectivity index (χ0) is 16.4. The van der Waals surface area contributed by atoms with E-state index in [1.54, 1.807) is 11.3 Å². The van der Waals surface area contributed by atoms with Crippen molar-refractivity contribution in [2.24, 2.45) is 5.92 Å². The lowest BCUT2D eigenvalue weighted by molar-refractivity contribution is 0.0791. The van der Waals surface area contributed by atoms with Crippen LogP contribution in [-0.2, 0) is 6.42 Å². The maximum atomic E-state index is 12.7. The van der Waals surface area contributed by atoms with Gasteiger partial charge in [0.05, 0.1) is 9.88 Å². The summed E-state index contributed by atoms with van der Waals surface area (Å²) in [5.74, 6) is 1.07. The van der Waals surface area contributed by atoms with Gasteiger partial charge in [-0.25, -0.2) is 0 Å². The number of anilines is 1. The Labute approximate surface area is 144 Å². The summed E-state index contributed by atoms with van der Waals surface area (Å²) in [4.78, 5) is 20.1. The van der Waals surface area contributed by atoms with Crippen molar-refractivity contribution in [3.05, 3.63) is 16.5 Å². The molecule has 3 rings (SSSR count). The second-order valence-electron chi connectivity index (χ2n) is 7.32. The predicted octanol–water partition coefficient (Wildman–Crippen LogP) is 2.93. The van der Waals surface area contributed by atoms with Gasteiger partial charge in [0.2, 0.25) is 0 Å². The van der Waals surface area contributed by atoms with Crippen LogP contribution < -0.4 is 4.90 Å². The molecule has 0 unspecified atom stereocenters. The molecule has 2 aliphatic rings. The summed E-state index contributed by atoms with van der Waals surface area (Å²) in [6.45, 7) is 4.03. The van der Waals surface area contributed by atoms with Gasteiger partial charge in [0, 0.05) is 33.2 Å². The highest BCUT2D eigenvalue weighted by molar-refractivity contribution is 7.18. The first-order valence-electron chi connectivity index (χ1n) is 8.82. The molecule has 4 nitrogen and oxygen atoms in total. The van der Waals surface area contributed by atoms with Gasteiger partial charge in [-0.1, -0.05) is 0 Å². The standard InChI is InChI=1S/C18H29N3OS/c1-19(2)10-11-20(3)17(22)16-12-15-6-4-5-9-21(18(15)23-16)13-14-7-8-14/h12,14H,4-11,13H2,1-3H3. The third kappa shape index (κ3) is 4.27. The minimum Gasteiger partial charge on any atom is -0.363 e. The Bertz CT molecular complexity index is 550. The van der Waals surface area contributed by atoms with E-state index in [1.807, 2.05) is 26.0 Å². The molecule has 1 aliphatic heterocycles. The summed E-state index contributed by atoms with van der Waals surface area (Å²) in [5, 5.41) is 1.37. The van der Waals surface area contributed by atoms with Crippen molar-refractivity contribution in [2.75, 3.05) is 52.2 Å². The fraction of sp³-hybridized carbons (Fsp3) is 0.722. The molecular formula is C18H29N3OS. The largest absolute Gasteiger partial charge is 0.363 e. The first kappa shape index (κ1) is 16.8. The number of carbonyl (C=O) groups excluding carboxylic acids is 1. The number of hydrogen-bond donors (Lipinski definition) is 0. The first-order valence-corrected chi connectivity index (χ1v) is 9.64. The molecule has 0 spiro atoms. The molecule has 1 saturated carbocycles. The molecule has 1 amide bonds. The van der Waals surface area contributed by atoms with Gasteiger partial charge in [-0.2, -0.15) is 0 Å². The zero-order valence-electron chi connectivity index (χ0n) is 14.7. The molecule has 5 heteroatoms. The number of thiophene rings is 1. The van der Waals surface area contributed by atoms with Gasteiger partial charge < -0.3 is 14.7 Å². The van der Waals surface area contributed by atoms with E-state index < -0.39 is 0 Å². The van der Waals surface area contributed by atoms with E-state index in [4.69, 9.17) is 0 Å². The lowest BCUT2D eigenvalue weighted by Crippen LogP contribution is -2.33. The maximum absolute atomic E-state index is 12.7. The molecule has 0 saturated heterocycles. The maximum Gasteiger partial charge on any atom is 0.263 e. The van der Waals surface area contributed by atoms with Crippen LogP contribution >= 0.6 is 11.3 Å². The Morgan fingerprint density at radius 1 is 1.26 bits per heavy atom. The van der Waals surface area contributed by atoms with E-state index in [1.165, 1.54) is 42.8 Å². The van der Waals surface area contributed by atoms with Crippen LogP contribution in [0.25, 0.3) is 0 Å². The number of amides is 1. The quantitative estimate of drug-likeness (QED) is 0.800. The minimum atomic E-state index is 0.177. The fourth-order valence-corrected chi connectivity index (χ4v) is 4.36. The summed E-state index contributed by atoms with van der Waals surface area (Å²) >= 11 is 1.72. The van der Waals surface area contributed by atoms with Crippen molar-refractivity contribution in [1.82, 2.24) is 9.80 Å². The van der Waals surface area contributed by atoms with E-state index in [0.717, 1.165) is 36.9 Å². The van der Waals surface area contributed by atoms with E-state index in [0.29, 0.717) is 0 Å². The molecular weight excluding hydrogens is 306 g/mol. The summed E-state index contributed by atoms with van der Waals surface area (Å²) in [7, 11) is 6.00. The number of fused-ring (bicyclic) bond motifs is 1. The molecule has 1 fully saturated rings. The van der Waals surface area contributed by atoms with Crippen molar-refractivity contribution >= 4 is 22.2 Å². The Morgan fingerprint density at radius 2 is 2.04 bits per heavy atom. The first-order chi connectivity index (χ1) is 11.0. The number of carbonyl (C=O) groups is 1. The number of likely N-dealkylation sites (N-methyl/N-ethyl adjacent to an activating group) is 2. The summed E-state index contributed by atoms with van der Waals surface area (Å²) < 4.78 is 0. The van der Waals surface area contributed by atoms with Crippen LogP contribution in [0.1, 0.15) is 40.9 Å². The van der Waals surface area contributed by atoms with Gasteiger partial charge in [0.1, 0.15) is 0 Å². The summed E-state index contributed by atoms with van der Waals surface area (Å²) in [6.07, 6.45) is 6.42. The lowest BCUT2D eigenvalue weighted by atomic mass is 10.1. The van der Waals surface area contributed by atoms with Crippen LogP contribution in [0.5, 0.6) is 0 Å². The van der Waals surface area contributed by atoms with Gasteiger partial charge in [0.25, 0.3) is 5.91 Å². The van der Waals surface area contributed by atoms with E-state index in [9.17, 15) is 4.79 Å². The highest BCUT2D eigenvalue weighted by Crippen LogP contribution is 2.39. The molecule has 1 aromatic heterocycles. The van der Waals surface area contributed by atoms with E-state index >= 15 is 0 Å². The Hall–Kier alpha value is -1.07. The van der Waals surface area contributed by atoms with Crippen molar-refractivity contribution in [3.8, 4) is 0 Å². The molecule has 1 aliphatic carbocycles. The van der Waals surface area contributed by atoms with Crippen molar-refractivity contribution in [2.45, 2.75) is 32.1 Å². The third-order valence-electron chi connectivity index (χ3n) is 4.81. The monoisotopic (exact) mass is 335 g/mol. The van der Waals surface area contributed by atoms with Crippen LogP contribution in [-0.4, -0.2) is 63.0 Å². The highest BCUT2D eigenvalue weighted by atomic mass is 32.1.